The number of phosphoric ester groups is 1. The van der Waals surface area contributed by atoms with Crippen LogP contribution in [0.2, 0.25) is 0 Å². The summed E-state index contributed by atoms with van der Waals surface area (Å²) in [6.07, 6.45) is 17.9. The van der Waals surface area contributed by atoms with Gasteiger partial charge in [-0.2, -0.15) is 0 Å². The Hall–Kier alpha value is -0.0500. The lowest BCUT2D eigenvalue weighted by molar-refractivity contribution is -0.896. The molecule has 1 N–H and O–H groups in total. The van der Waals surface area contributed by atoms with Crippen molar-refractivity contribution in [2.75, 3.05) is 40.4 Å². The van der Waals surface area contributed by atoms with Crippen LogP contribution in [-0.4, -0.2) is 72.2 Å². The van der Waals surface area contributed by atoms with Crippen molar-refractivity contribution in [3.8, 4) is 0 Å². The first-order valence-electron chi connectivity index (χ1n) is 15.5. The largest absolute Gasteiger partial charge is 0.783 e. The molecule has 0 saturated carbocycles. The third-order valence-corrected chi connectivity index (χ3v) is 9.47. The van der Waals surface area contributed by atoms with E-state index in [2.05, 4.69) is 21.0 Å². The van der Waals surface area contributed by atoms with Gasteiger partial charge < -0.3 is 24.4 Å². The molecule has 0 aromatic rings. The molecule has 2 fully saturated rings. The number of piperidine rings is 1. The third kappa shape index (κ3) is 12.2. The van der Waals surface area contributed by atoms with Crippen LogP contribution in [-0.2, 0) is 18.3 Å². The monoisotopic (exact) mass is 562 g/mol. The van der Waals surface area contributed by atoms with Gasteiger partial charge in [0.05, 0.1) is 46.5 Å². The van der Waals surface area contributed by atoms with Gasteiger partial charge in [-0.1, -0.05) is 71.1 Å². The molecule has 0 aromatic heterocycles. The molecule has 0 amide bonds. The summed E-state index contributed by atoms with van der Waals surface area (Å²) in [5.41, 5.74) is -1.33. The number of ether oxygens (including phenoxy) is 1. The average Bonchev–Trinajstić information content (AvgIpc) is 3.07. The molecule has 2 saturated heterocycles. The minimum Gasteiger partial charge on any atom is -0.783 e. The van der Waals surface area contributed by atoms with Gasteiger partial charge in [0, 0.05) is 18.4 Å². The first kappa shape index (κ1) is 34.2. The quantitative estimate of drug-likeness (QED) is 0.0931. The minimum absolute atomic E-state index is 0.138. The Morgan fingerprint density at radius 1 is 0.921 bits per heavy atom. The van der Waals surface area contributed by atoms with Crippen LogP contribution in [0, 0.1) is 5.21 Å². The normalized spacial score (nSPS) is 25.6. The molecular weight excluding hydrogens is 503 g/mol. The number of hydrogen-bond donors (Lipinski definition) is 1. The summed E-state index contributed by atoms with van der Waals surface area (Å²) in [5.74, 6) is 0. The molecule has 9 heteroatoms. The van der Waals surface area contributed by atoms with Crippen LogP contribution in [0.1, 0.15) is 130 Å². The van der Waals surface area contributed by atoms with Gasteiger partial charge in [-0.25, -0.2) is 4.57 Å². The highest BCUT2D eigenvalue weighted by atomic mass is 31.2. The molecule has 0 bridgehead atoms. The highest BCUT2D eigenvalue weighted by molar-refractivity contribution is 7.47. The summed E-state index contributed by atoms with van der Waals surface area (Å²) in [6, 6.07) is 0. The molecule has 2 unspecified atom stereocenters. The Labute approximate surface area is 233 Å². The lowest BCUT2D eigenvalue weighted by atomic mass is 9.95. The van der Waals surface area contributed by atoms with Gasteiger partial charge in [0.2, 0.25) is 0 Å². The van der Waals surface area contributed by atoms with E-state index in [9.17, 15) is 14.7 Å². The Kier molecular flexibility index (Phi) is 14.7. The fraction of sp³-hybridized carbons (Fsp3) is 1.00. The fourth-order valence-electron chi connectivity index (χ4n) is 5.77. The van der Waals surface area contributed by atoms with E-state index in [-0.39, 0.29) is 12.7 Å². The topological polar surface area (TPSA) is 91.3 Å². The molecule has 226 valence electrons. The van der Waals surface area contributed by atoms with Gasteiger partial charge in [-0.05, 0) is 46.0 Å². The van der Waals surface area contributed by atoms with Crippen LogP contribution in [0.4, 0.5) is 0 Å². The van der Waals surface area contributed by atoms with Gasteiger partial charge in [0.1, 0.15) is 5.72 Å². The van der Waals surface area contributed by atoms with Crippen molar-refractivity contribution in [1.82, 2.24) is 5.06 Å². The van der Waals surface area contributed by atoms with E-state index in [1.54, 1.807) is 0 Å². The molecule has 2 rings (SSSR count). The maximum atomic E-state index is 13.2. The first-order valence-corrected chi connectivity index (χ1v) is 17.0. The average molecular weight is 563 g/mol. The summed E-state index contributed by atoms with van der Waals surface area (Å²) in [6.45, 7) is 8.56. The standard InChI is InChI=1S/C29H59N2O6P/c1-6-7-8-9-10-11-12-13-14-15-16-21-29(30(32)28(2,3)26-35-29)22-17-18-25-36-38(33,34)37-27-19-23-31(4,5)24-20-27/h27H,6-26H2,1-5H3,(H,33,34). The van der Waals surface area contributed by atoms with Crippen LogP contribution < -0.4 is 0 Å². The molecule has 38 heavy (non-hydrogen) atoms. The van der Waals surface area contributed by atoms with Gasteiger partial charge in [-0.3, -0.25) is 9.05 Å². The molecule has 2 heterocycles. The third-order valence-electron chi connectivity index (χ3n) is 8.40. The number of unbranched alkanes of at least 4 members (excludes halogenated alkanes) is 11. The minimum atomic E-state index is -4.07. The number of nitrogens with zero attached hydrogens (tertiary/aromatic N) is 2. The second-order valence-electron chi connectivity index (χ2n) is 13.1. The number of likely N-dealkylation sites (tertiary alicyclic amines) is 1. The molecule has 2 atom stereocenters. The molecule has 0 aliphatic carbocycles. The van der Waals surface area contributed by atoms with Crippen LogP contribution >= 0.6 is 7.82 Å². The Bertz CT molecular complexity index is 697. The molecular formula is C29H59N2O6P. The zero-order valence-corrected chi connectivity index (χ0v) is 26.2. The SMILES string of the molecule is CCCCCCCCCCCCCC1(CCCCOP(=O)(O)OC2CC[N+](C)(C)CC2)OCC(C)(C)N1[O-]. The number of rotatable bonds is 20. The molecule has 0 spiro atoms. The molecule has 2 aliphatic rings. The van der Waals surface area contributed by atoms with Crippen molar-refractivity contribution in [2.24, 2.45) is 0 Å². The zero-order valence-electron chi connectivity index (χ0n) is 25.3. The molecule has 0 radical (unpaired) electrons. The van der Waals surface area contributed by atoms with Crippen LogP contribution in [0.5, 0.6) is 0 Å². The fourth-order valence-corrected chi connectivity index (χ4v) is 6.78. The lowest BCUT2D eigenvalue weighted by Gasteiger charge is -2.48. The van der Waals surface area contributed by atoms with Crippen molar-refractivity contribution in [3.05, 3.63) is 5.21 Å². The van der Waals surface area contributed by atoms with E-state index in [4.69, 9.17) is 13.8 Å². The summed E-state index contributed by atoms with van der Waals surface area (Å²) in [5, 5.41) is 14.4. The molecule has 0 aromatic carbocycles. The Morgan fingerprint density at radius 3 is 1.92 bits per heavy atom. The second kappa shape index (κ2) is 16.4. The van der Waals surface area contributed by atoms with Crippen LogP contribution in [0.15, 0.2) is 0 Å². The number of hydroxylamine groups is 2. The van der Waals surface area contributed by atoms with E-state index >= 15 is 0 Å². The molecule has 2 aliphatic heterocycles. The number of hydrogen-bond acceptors (Lipinski definition) is 6. The van der Waals surface area contributed by atoms with Crippen LogP contribution in [0.25, 0.3) is 0 Å². The summed E-state index contributed by atoms with van der Waals surface area (Å²) in [4.78, 5) is 10.2. The summed E-state index contributed by atoms with van der Waals surface area (Å²) in [7, 11) is 0.251. The van der Waals surface area contributed by atoms with Crippen molar-refractivity contribution < 1.29 is 27.7 Å². The summed E-state index contributed by atoms with van der Waals surface area (Å²) < 4.78 is 30.2. The predicted octanol–water partition coefficient (Wildman–Crippen LogP) is 7.54. The second-order valence-corrected chi connectivity index (χ2v) is 14.5. The molecule has 8 nitrogen and oxygen atoms in total. The smallest absolute Gasteiger partial charge is 0.472 e. The zero-order chi connectivity index (χ0) is 28.1. The van der Waals surface area contributed by atoms with Crippen molar-refractivity contribution in [3.63, 3.8) is 0 Å². The van der Waals surface area contributed by atoms with Gasteiger partial charge in [0.15, 0.2) is 0 Å². The van der Waals surface area contributed by atoms with Gasteiger partial charge >= 0.3 is 7.82 Å². The first-order chi connectivity index (χ1) is 17.9. The van der Waals surface area contributed by atoms with Crippen molar-refractivity contribution in [1.29, 1.82) is 0 Å². The van der Waals surface area contributed by atoms with E-state index in [1.807, 2.05) is 13.8 Å². The van der Waals surface area contributed by atoms with E-state index in [0.29, 0.717) is 25.9 Å². The van der Waals surface area contributed by atoms with E-state index in [1.165, 1.54) is 62.9 Å². The predicted molar refractivity (Wildman–Crippen MR) is 155 cm³/mol. The van der Waals surface area contributed by atoms with Crippen molar-refractivity contribution >= 4 is 7.82 Å². The number of phosphoric acid groups is 1. The highest BCUT2D eigenvalue weighted by Crippen LogP contribution is 2.47. The van der Waals surface area contributed by atoms with E-state index in [0.717, 1.165) is 49.7 Å². The maximum Gasteiger partial charge on any atom is 0.472 e. The Morgan fingerprint density at radius 2 is 1.42 bits per heavy atom. The summed E-state index contributed by atoms with van der Waals surface area (Å²) >= 11 is 0. The lowest BCUT2D eigenvalue weighted by Crippen LogP contribution is -2.48. The maximum absolute atomic E-state index is 13.2. The number of quaternary nitrogens is 1. The van der Waals surface area contributed by atoms with Crippen molar-refractivity contribution in [2.45, 2.75) is 147 Å². The van der Waals surface area contributed by atoms with Crippen LogP contribution in [0.3, 0.4) is 0 Å². The van der Waals surface area contributed by atoms with Gasteiger partial charge in [0.25, 0.3) is 0 Å². The Balaban J connectivity index is 1.66. The van der Waals surface area contributed by atoms with E-state index < -0.39 is 19.1 Å². The highest BCUT2D eigenvalue weighted by Gasteiger charge is 2.45. The van der Waals surface area contributed by atoms with Gasteiger partial charge in [-0.15, -0.1) is 0 Å².